The molecule has 1 N–H and O–H groups in total. The fourth-order valence-electron chi connectivity index (χ4n) is 3.21. The average Bonchev–Trinajstić information content (AvgIpc) is 2.68. The Bertz CT molecular complexity index is 859. The lowest BCUT2D eigenvalue weighted by Gasteiger charge is -2.29. The Morgan fingerprint density at radius 1 is 0.885 bits per heavy atom. The summed E-state index contributed by atoms with van der Waals surface area (Å²) in [5.74, 6) is 0.548. The Morgan fingerprint density at radius 2 is 1.50 bits per heavy atom. The van der Waals surface area contributed by atoms with Gasteiger partial charge in [-0.1, -0.05) is 67.6 Å². The molecule has 0 aromatic heterocycles. The SMILES string of the molecule is CCC(Cc1ccccc1)(C(=O)O)c1cccc(Oc2ccccc2)c1. The van der Waals surface area contributed by atoms with Crippen LogP contribution in [0.5, 0.6) is 11.5 Å². The number of carboxylic acid groups (broad SMARTS) is 1. The quantitative estimate of drug-likeness (QED) is 0.618. The van der Waals surface area contributed by atoms with Crippen molar-refractivity contribution in [1.82, 2.24) is 0 Å². The van der Waals surface area contributed by atoms with Gasteiger partial charge in [0.1, 0.15) is 11.5 Å². The molecule has 0 aliphatic heterocycles. The lowest BCUT2D eigenvalue weighted by atomic mass is 9.73. The molecule has 3 heteroatoms. The maximum absolute atomic E-state index is 12.3. The smallest absolute Gasteiger partial charge is 0.314 e. The van der Waals surface area contributed by atoms with Gasteiger partial charge in [0.2, 0.25) is 0 Å². The summed E-state index contributed by atoms with van der Waals surface area (Å²) in [6, 6.07) is 26.7. The molecule has 0 amide bonds. The van der Waals surface area contributed by atoms with Crippen LogP contribution >= 0.6 is 0 Å². The van der Waals surface area contributed by atoms with Gasteiger partial charge in [-0.15, -0.1) is 0 Å². The van der Waals surface area contributed by atoms with E-state index in [0.29, 0.717) is 18.6 Å². The van der Waals surface area contributed by atoms with Crippen LogP contribution in [-0.4, -0.2) is 11.1 Å². The molecule has 0 radical (unpaired) electrons. The van der Waals surface area contributed by atoms with Crippen molar-refractivity contribution in [2.24, 2.45) is 0 Å². The third-order valence-corrected chi connectivity index (χ3v) is 4.73. The lowest BCUT2D eigenvalue weighted by Crippen LogP contribution is -2.37. The third-order valence-electron chi connectivity index (χ3n) is 4.73. The number of para-hydroxylation sites is 1. The van der Waals surface area contributed by atoms with Gasteiger partial charge in [-0.25, -0.2) is 0 Å². The fourth-order valence-corrected chi connectivity index (χ4v) is 3.21. The Balaban J connectivity index is 1.96. The topological polar surface area (TPSA) is 46.5 Å². The lowest BCUT2D eigenvalue weighted by molar-refractivity contribution is -0.144. The van der Waals surface area contributed by atoms with E-state index >= 15 is 0 Å². The molecular weight excluding hydrogens is 324 g/mol. The van der Waals surface area contributed by atoms with Crippen molar-refractivity contribution < 1.29 is 14.6 Å². The zero-order chi connectivity index (χ0) is 18.4. The molecule has 1 atom stereocenters. The number of rotatable bonds is 7. The molecule has 0 aliphatic carbocycles. The molecule has 0 fully saturated rings. The van der Waals surface area contributed by atoms with Crippen LogP contribution < -0.4 is 4.74 Å². The Kier molecular flexibility index (Phi) is 5.37. The van der Waals surface area contributed by atoms with Gasteiger partial charge in [0.05, 0.1) is 5.41 Å². The highest BCUT2D eigenvalue weighted by Crippen LogP contribution is 2.35. The summed E-state index contributed by atoms with van der Waals surface area (Å²) >= 11 is 0. The molecule has 0 bridgehead atoms. The number of hydrogen-bond acceptors (Lipinski definition) is 2. The van der Waals surface area contributed by atoms with Gasteiger partial charge < -0.3 is 9.84 Å². The maximum atomic E-state index is 12.3. The summed E-state index contributed by atoms with van der Waals surface area (Å²) in [5.41, 5.74) is 0.771. The molecule has 1 unspecified atom stereocenters. The highest BCUT2D eigenvalue weighted by atomic mass is 16.5. The monoisotopic (exact) mass is 346 g/mol. The van der Waals surface area contributed by atoms with E-state index in [1.807, 2.05) is 91.9 Å². The normalized spacial score (nSPS) is 13.0. The van der Waals surface area contributed by atoms with Crippen LogP contribution in [0.3, 0.4) is 0 Å². The number of hydrogen-bond donors (Lipinski definition) is 1. The first-order chi connectivity index (χ1) is 12.6. The first-order valence-corrected chi connectivity index (χ1v) is 8.75. The van der Waals surface area contributed by atoms with Crippen LogP contribution in [0, 0.1) is 0 Å². The van der Waals surface area contributed by atoms with Crippen LogP contribution in [0.2, 0.25) is 0 Å². The van der Waals surface area contributed by atoms with Crippen molar-refractivity contribution in [2.75, 3.05) is 0 Å². The molecule has 0 spiro atoms. The van der Waals surface area contributed by atoms with Crippen molar-refractivity contribution in [2.45, 2.75) is 25.2 Å². The first kappa shape index (κ1) is 17.7. The predicted molar refractivity (Wildman–Crippen MR) is 103 cm³/mol. The zero-order valence-electron chi connectivity index (χ0n) is 14.8. The second-order valence-electron chi connectivity index (χ2n) is 6.35. The number of aliphatic carboxylic acids is 1. The summed E-state index contributed by atoms with van der Waals surface area (Å²) in [6.45, 7) is 1.92. The van der Waals surface area contributed by atoms with Crippen molar-refractivity contribution in [3.05, 3.63) is 96.1 Å². The summed E-state index contributed by atoms with van der Waals surface area (Å²) in [6.07, 6.45) is 0.931. The molecule has 3 nitrogen and oxygen atoms in total. The van der Waals surface area contributed by atoms with Crippen molar-refractivity contribution in [3.63, 3.8) is 0 Å². The molecular formula is C23H22O3. The van der Waals surface area contributed by atoms with E-state index in [1.165, 1.54) is 0 Å². The van der Waals surface area contributed by atoms with Gasteiger partial charge in [-0.05, 0) is 48.2 Å². The number of ether oxygens (including phenoxy) is 1. The van der Waals surface area contributed by atoms with E-state index in [1.54, 1.807) is 0 Å². The molecule has 3 aromatic rings. The molecule has 3 rings (SSSR count). The highest BCUT2D eigenvalue weighted by Gasteiger charge is 2.39. The number of carbonyl (C=O) groups is 1. The zero-order valence-corrected chi connectivity index (χ0v) is 14.8. The Labute approximate surface area is 153 Å². The van der Waals surface area contributed by atoms with Crippen LogP contribution in [-0.2, 0) is 16.6 Å². The third kappa shape index (κ3) is 3.77. The molecule has 0 heterocycles. The first-order valence-electron chi connectivity index (χ1n) is 8.75. The van der Waals surface area contributed by atoms with Crippen LogP contribution in [0.1, 0.15) is 24.5 Å². The second kappa shape index (κ2) is 7.87. The number of benzene rings is 3. The van der Waals surface area contributed by atoms with Crippen LogP contribution in [0.4, 0.5) is 0 Å². The van der Waals surface area contributed by atoms with Crippen LogP contribution in [0.15, 0.2) is 84.9 Å². The van der Waals surface area contributed by atoms with Gasteiger partial charge in [-0.3, -0.25) is 4.79 Å². The van der Waals surface area contributed by atoms with E-state index in [0.717, 1.165) is 16.9 Å². The van der Waals surface area contributed by atoms with Gasteiger partial charge in [0.25, 0.3) is 0 Å². The van der Waals surface area contributed by atoms with Gasteiger partial charge in [-0.2, -0.15) is 0 Å². The van der Waals surface area contributed by atoms with Crippen LogP contribution in [0.25, 0.3) is 0 Å². The average molecular weight is 346 g/mol. The summed E-state index contributed by atoms with van der Waals surface area (Å²) in [4.78, 5) is 12.3. The Morgan fingerprint density at radius 3 is 2.12 bits per heavy atom. The van der Waals surface area contributed by atoms with Gasteiger partial charge in [0.15, 0.2) is 0 Å². The minimum absolute atomic E-state index is 0.439. The van der Waals surface area contributed by atoms with Crippen molar-refractivity contribution in [1.29, 1.82) is 0 Å². The fraction of sp³-hybridized carbons (Fsp3) is 0.174. The van der Waals surface area contributed by atoms with E-state index < -0.39 is 11.4 Å². The largest absolute Gasteiger partial charge is 0.481 e. The molecule has 0 aliphatic rings. The van der Waals surface area contributed by atoms with E-state index in [9.17, 15) is 9.90 Å². The van der Waals surface area contributed by atoms with Gasteiger partial charge in [0, 0.05) is 0 Å². The summed E-state index contributed by atoms with van der Waals surface area (Å²) in [5, 5.41) is 10.1. The van der Waals surface area contributed by atoms with E-state index in [-0.39, 0.29) is 0 Å². The van der Waals surface area contributed by atoms with E-state index in [4.69, 9.17) is 4.74 Å². The predicted octanol–water partition coefficient (Wildman–Crippen LogP) is 5.45. The van der Waals surface area contributed by atoms with Crippen molar-refractivity contribution >= 4 is 5.97 Å². The second-order valence-corrected chi connectivity index (χ2v) is 6.35. The Hall–Kier alpha value is -3.07. The number of carboxylic acids is 1. The minimum Gasteiger partial charge on any atom is -0.481 e. The molecule has 132 valence electrons. The molecule has 26 heavy (non-hydrogen) atoms. The molecule has 0 saturated carbocycles. The maximum Gasteiger partial charge on any atom is 0.314 e. The minimum atomic E-state index is -0.989. The summed E-state index contributed by atoms with van der Waals surface area (Å²) in [7, 11) is 0. The van der Waals surface area contributed by atoms with Gasteiger partial charge >= 0.3 is 5.97 Å². The molecule has 0 saturated heterocycles. The highest BCUT2D eigenvalue weighted by molar-refractivity contribution is 5.82. The standard InChI is InChI=1S/C23H22O3/c1-2-23(22(24)25,17-18-10-5-3-6-11-18)19-12-9-15-21(16-19)26-20-13-7-4-8-14-20/h3-16H,2,17H2,1H3,(H,24,25). The summed E-state index contributed by atoms with van der Waals surface area (Å²) < 4.78 is 5.90. The molecule has 3 aromatic carbocycles. The van der Waals surface area contributed by atoms with E-state index in [2.05, 4.69) is 0 Å². The van der Waals surface area contributed by atoms with Crippen molar-refractivity contribution in [3.8, 4) is 11.5 Å².